The Bertz CT molecular complexity index is 1460. The predicted octanol–water partition coefficient (Wildman–Crippen LogP) is 6.19. The Morgan fingerprint density at radius 1 is 0.976 bits per heavy atom. The molecule has 0 saturated carbocycles. The molecule has 3 aliphatic rings. The first-order chi connectivity index (χ1) is 20.4. The Balaban J connectivity index is 1.28. The van der Waals surface area contributed by atoms with Gasteiger partial charge in [-0.15, -0.1) is 0 Å². The first kappa shape index (κ1) is 29.1. The van der Waals surface area contributed by atoms with Gasteiger partial charge in [-0.1, -0.05) is 53.5 Å². The number of likely N-dealkylation sites (tertiary alicyclic amines) is 1. The van der Waals surface area contributed by atoms with Crippen molar-refractivity contribution in [1.82, 2.24) is 9.80 Å². The van der Waals surface area contributed by atoms with E-state index in [0.29, 0.717) is 70.9 Å². The van der Waals surface area contributed by atoms with Gasteiger partial charge in [0.25, 0.3) is 5.91 Å². The van der Waals surface area contributed by atoms with E-state index >= 15 is 0 Å². The van der Waals surface area contributed by atoms with Crippen molar-refractivity contribution in [3.63, 3.8) is 0 Å². The molecule has 1 unspecified atom stereocenters. The second-order valence-electron chi connectivity index (χ2n) is 11.3. The molecule has 9 heteroatoms. The third kappa shape index (κ3) is 5.21. The summed E-state index contributed by atoms with van der Waals surface area (Å²) in [5, 5.41) is 0.959. The summed E-state index contributed by atoms with van der Waals surface area (Å²) in [7, 11) is 4.63. The van der Waals surface area contributed by atoms with Crippen LogP contribution >= 0.6 is 23.2 Å². The van der Waals surface area contributed by atoms with Crippen LogP contribution in [0, 0.1) is 0 Å². The van der Waals surface area contributed by atoms with Crippen LogP contribution in [0.1, 0.15) is 45.8 Å². The second kappa shape index (κ2) is 12.0. The van der Waals surface area contributed by atoms with Crippen LogP contribution in [0.25, 0.3) is 0 Å². The third-order valence-corrected chi connectivity index (χ3v) is 9.92. The van der Waals surface area contributed by atoms with E-state index in [1.165, 1.54) is 11.1 Å². The van der Waals surface area contributed by atoms with Crippen molar-refractivity contribution >= 4 is 29.1 Å². The van der Waals surface area contributed by atoms with E-state index < -0.39 is 5.60 Å². The summed E-state index contributed by atoms with van der Waals surface area (Å²) in [4.78, 5) is 18.4. The van der Waals surface area contributed by atoms with Gasteiger partial charge in [0, 0.05) is 30.6 Å². The van der Waals surface area contributed by atoms with Gasteiger partial charge in [0.1, 0.15) is 5.60 Å². The lowest BCUT2D eigenvalue weighted by molar-refractivity contribution is -0.113. The number of fused-ring (bicyclic) bond motifs is 3. The van der Waals surface area contributed by atoms with Gasteiger partial charge in [-0.2, -0.15) is 0 Å². The van der Waals surface area contributed by atoms with Crippen molar-refractivity contribution in [2.24, 2.45) is 0 Å². The van der Waals surface area contributed by atoms with E-state index in [1.54, 1.807) is 33.5 Å². The molecule has 42 heavy (non-hydrogen) atoms. The maximum Gasteiger partial charge on any atom is 0.254 e. The monoisotopic (exact) mass is 610 g/mol. The molecule has 2 saturated heterocycles. The van der Waals surface area contributed by atoms with Gasteiger partial charge in [0.2, 0.25) is 5.75 Å². The molecule has 1 amide bonds. The summed E-state index contributed by atoms with van der Waals surface area (Å²) in [6.45, 7) is 3.13. The van der Waals surface area contributed by atoms with E-state index in [2.05, 4.69) is 29.2 Å². The molecular formula is C33H36Cl2N2O5. The van der Waals surface area contributed by atoms with E-state index in [1.807, 2.05) is 23.1 Å². The largest absolute Gasteiger partial charge is 0.493 e. The van der Waals surface area contributed by atoms with Crippen molar-refractivity contribution in [2.75, 3.05) is 54.1 Å². The number of carbonyl (C=O) groups is 1. The Morgan fingerprint density at radius 3 is 2.45 bits per heavy atom. The zero-order chi connectivity index (χ0) is 29.4. The molecule has 0 aromatic heterocycles. The standard InChI is InChI=1S/C33H36Cl2N2O5/c1-39-29-17-22(18-30(40-2)31(29)41-3)32(38)37-14-15-42-33(20-37,23-8-9-26(34)27(35)19-23)11-13-36-12-10-25-24-7-5-4-6-21(24)16-28(25)36/h4-9,17-19,25,28H,10-16,20H2,1-3H3/t25-,28+,33?/m1/s1. The number of nitrogens with zero attached hydrogens (tertiary/aromatic N) is 2. The van der Waals surface area contributed by atoms with Crippen LogP contribution in [0.5, 0.6) is 17.2 Å². The van der Waals surface area contributed by atoms with Gasteiger partial charge in [-0.05, 0) is 66.8 Å². The second-order valence-corrected chi connectivity index (χ2v) is 12.1. The number of methoxy groups -OCH3 is 3. The number of hydrogen-bond acceptors (Lipinski definition) is 6. The molecule has 3 aromatic carbocycles. The molecule has 222 valence electrons. The van der Waals surface area contributed by atoms with Crippen LogP contribution in [-0.4, -0.2) is 75.9 Å². The number of benzene rings is 3. The SMILES string of the molecule is COc1cc(C(=O)N2CCOC(CCN3CC[C@@H]4c5ccccc5C[C@@H]43)(c3ccc(Cl)c(Cl)c3)C2)cc(OC)c1OC. The number of rotatable bonds is 8. The summed E-state index contributed by atoms with van der Waals surface area (Å²) in [5.74, 6) is 1.76. The summed E-state index contributed by atoms with van der Waals surface area (Å²) in [5.41, 5.74) is 3.60. The fourth-order valence-electron chi connectivity index (χ4n) is 7.06. The maximum atomic E-state index is 14.0. The molecule has 3 atom stereocenters. The molecule has 0 N–H and O–H groups in total. The highest BCUT2D eigenvalue weighted by Gasteiger charge is 2.44. The number of morpholine rings is 1. The Kier molecular flexibility index (Phi) is 8.29. The normalized spacial score (nSPS) is 23.4. The minimum Gasteiger partial charge on any atom is -0.493 e. The lowest BCUT2D eigenvalue weighted by atomic mass is 9.87. The molecule has 6 rings (SSSR count). The fourth-order valence-corrected chi connectivity index (χ4v) is 7.35. The molecule has 2 heterocycles. The van der Waals surface area contributed by atoms with Crippen molar-refractivity contribution in [3.8, 4) is 17.2 Å². The van der Waals surface area contributed by atoms with Crippen LogP contribution in [0.15, 0.2) is 54.6 Å². The van der Waals surface area contributed by atoms with Crippen molar-refractivity contribution in [2.45, 2.75) is 36.8 Å². The van der Waals surface area contributed by atoms with Gasteiger partial charge < -0.3 is 23.8 Å². The highest BCUT2D eigenvalue weighted by Crippen LogP contribution is 2.45. The summed E-state index contributed by atoms with van der Waals surface area (Å²) < 4.78 is 23.1. The van der Waals surface area contributed by atoms with Crippen LogP contribution < -0.4 is 14.2 Å². The molecule has 1 aliphatic carbocycles. The van der Waals surface area contributed by atoms with Gasteiger partial charge in [0.15, 0.2) is 11.5 Å². The lowest BCUT2D eigenvalue weighted by Crippen LogP contribution is -2.53. The Morgan fingerprint density at radius 2 is 1.74 bits per heavy atom. The first-order valence-corrected chi connectivity index (χ1v) is 15.1. The number of amides is 1. The highest BCUT2D eigenvalue weighted by molar-refractivity contribution is 6.42. The van der Waals surface area contributed by atoms with Gasteiger partial charge in [0.05, 0.1) is 44.5 Å². The predicted molar refractivity (Wildman–Crippen MR) is 164 cm³/mol. The third-order valence-electron chi connectivity index (χ3n) is 9.18. The van der Waals surface area contributed by atoms with Crippen molar-refractivity contribution in [3.05, 3.63) is 86.9 Å². The van der Waals surface area contributed by atoms with E-state index in [-0.39, 0.29) is 5.91 Å². The van der Waals surface area contributed by atoms with Gasteiger partial charge >= 0.3 is 0 Å². The molecule has 0 radical (unpaired) electrons. The molecule has 2 aliphatic heterocycles. The Hall–Kier alpha value is -2.97. The average molecular weight is 612 g/mol. The smallest absolute Gasteiger partial charge is 0.254 e. The van der Waals surface area contributed by atoms with Crippen LogP contribution in [-0.2, 0) is 16.8 Å². The zero-order valence-corrected chi connectivity index (χ0v) is 25.7. The van der Waals surface area contributed by atoms with Crippen LogP contribution in [0.4, 0.5) is 0 Å². The first-order valence-electron chi connectivity index (χ1n) is 14.4. The highest BCUT2D eigenvalue weighted by atomic mass is 35.5. The number of carbonyl (C=O) groups excluding carboxylic acids is 1. The molecular weight excluding hydrogens is 575 g/mol. The number of hydrogen-bond donors (Lipinski definition) is 0. The minimum atomic E-state index is -0.744. The fraction of sp³-hybridized carbons (Fsp3) is 0.424. The topological polar surface area (TPSA) is 60.5 Å². The molecule has 3 aromatic rings. The summed E-state index contributed by atoms with van der Waals surface area (Å²) in [6, 6.07) is 18.4. The van der Waals surface area contributed by atoms with Crippen molar-refractivity contribution < 1.29 is 23.7 Å². The van der Waals surface area contributed by atoms with Crippen LogP contribution in [0.3, 0.4) is 0 Å². The van der Waals surface area contributed by atoms with E-state index in [9.17, 15) is 4.79 Å². The lowest BCUT2D eigenvalue weighted by Gasteiger charge is -2.44. The quantitative estimate of drug-likeness (QED) is 0.303. The molecule has 0 bridgehead atoms. The maximum absolute atomic E-state index is 14.0. The van der Waals surface area contributed by atoms with E-state index in [4.69, 9.17) is 42.1 Å². The molecule has 0 spiro atoms. The minimum absolute atomic E-state index is 0.130. The summed E-state index contributed by atoms with van der Waals surface area (Å²) >= 11 is 12.8. The van der Waals surface area contributed by atoms with Gasteiger partial charge in [-0.3, -0.25) is 9.69 Å². The van der Waals surface area contributed by atoms with Gasteiger partial charge in [-0.25, -0.2) is 0 Å². The molecule has 2 fully saturated rings. The van der Waals surface area contributed by atoms with Crippen LogP contribution in [0.2, 0.25) is 10.0 Å². The number of halogens is 2. The average Bonchev–Trinajstić information content (AvgIpc) is 3.59. The zero-order valence-electron chi connectivity index (χ0n) is 24.2. The Labute approximate surface area is 257 Å². The van der Waals surface area contributed by atoms with E-state index in [0.717, 1.165) is 31.5 Å². The molecule has 7 nitrogen and oxygen atoms in total. The van der Waals surface area contributed by atoms with Crippen molar-refractivity contribution in [1.29, 1.82) is 0 Å². The summed E-state index contributed by atoms with van der Waals surface area (Å²) in [6.07, 6.45) is 2.95. The number of ether oxygens (including phenoxy) is 4.